The van der Waals surface area contributed by atoms with Crippen LogP contribution in [0.4, 0.5) is 0 Å². The summed E-state index contributed by atoms with van der Waals surface area (Å²) < 4.78 is 10.4. The van der Waals surface area contributed by atoms with Gasteiger partial charge < -0.3 is 25.0 Å². The molecule has 0 aliphatic heterocycles. The number of ether oxygens (including phenoxy) is 2. The summed E-state index contributed by atoms with van der Waals surface area (Å²) >= 11 is 0. The number of hydrogen-bond acceptors (Lipinski definition) is 5. The molecule has 0 fully saturated rings. The second-order valence-corrected chi connectivity index (χ2v) is 5.91. The summed E-state index contributed by atoms with van der Waals surface area (Å²) in [5.41, 5.74) is 0.851. The van der Waals surface area contributed by atoms with Gasteiger partial charge in [-0.3, -0.25) is 9.59 Å². The fourth-order valence-corrected chi connectivity index (χ4v) is 2.55. The van der Waals surface area contributed by atoms with Gasteiger partial charge in [-0.1, -0.05) is 12.1 Å². The molecule has 0 aromatic heterocycles. The lowest BCUT2D eigenvalue weighted by atomic mass is 9.99. The predicted octanol–water partition coefficient (Wildman–Crippen LogP) is 2.47. The molecular weight excluding hydrogens is 350 g/mol. The average molecular weight is 373 g/mol. The van der Waals surface area contributed by atoms with E-state index < -0.39 is 17.8 Å². The normalized spacial score (nSPS) is 11.5. The molecule has 2 rings (SSSR count). The zero-order valence-electron chi connectivity index (χ0n) is 15.3. The largest absolute Gasteiger partial charge is 0.507 e. The number of carbonyl (C=O) groups is 2. The number of methoxy groups -OCH3 is 1. The molecule has 1 amide bonds. The number of phenolic OH excluding ortho intramolecular Hbond substituents is 1. The maximum Gasteiger partial charge on any atom is 0.308 e. The standard InChI is InChI=1S/C20H23NO6/c1-3-27-15-6-4-13(5-7-15)10-14(20(24)25)12-21-19(23)17-11-16(26-2)8-9-18(17)22/h4-9,11,14,22H,3,10,12H2,1-2H3,(H,21,23)(H,24,25). The van der Waals surface area contributed by atoms with Crippen LogP contribution in [0.25, 0.3) is 0 Å². The van der Waals surface area contributed by atoms with Crippen LogP contribution in [0.5, 0.6) is 17.2 Å². The number of hydrogen-bond donors (Lipinski definition) is 3. The number of rotatable bonds is 9. The van der Waals surface area contributed by atoms with Crippen LogP contribution in [-0.2, 0) is 11.2 Å². The molecule has 0 radical (unpaired) electrons. The summed E-state index contributed by atoms with van der Waals surface area (Å²) in [5.74, 6) is -1.45. The van der Waals surface area contributed by atoms with Crippen LogP contribution in [0, 0.1) is 5.92 Å². The summed E-state index contributed by atoms with van der Waals surface area (Å²) in [4.78, 5) is 23.8. The van der Waals surface area contributed by atoms with Gasteiger partial charge in [0.2, 0.25) is 0 Å². The second kappa shape index (κ2) is 9.47. The van der Waals surface area contributed by atoms with Gasteiger partial charge in [-0.05, 0) is 49.2 Å². The molecule has 0 aliphatic carbocycles. The molecule has 2 aromatic rings. The number of carboxylic acids is 1. The first kappa shape index (κ1) is 20.1. The Morgan fingerprint density at radius 1 is 1.11 bits per heavy atom. The molecule has 1 atom stereocenters. The smallest absolute Gasteiger partial charge is 0.308 e. The van der Waals surface area contributed by atoms with Crippen molar-refractivity contribution in [2.45, 2.75) is 13.3 Å². The Hall–Kier alpha value is -3.22. The van der Waals surface area contributed by atoms with Crippen LogP contribution < -0.4 is 14.8 Å². The number of benzene rings is 2. The van der Waals surface area contributed by atoms with E-state index in [-0.39, 0.29) is 24.3 Å². The summed E-state index contributed by atoms with van der Waals surface area (Å²) in [5, 5.41) is 21.8. The highest BCUT2D eigenvalue weighted by molar-refractivity contribution is 5.97. The van der Waals surface area contributed by atoms with Crippen LogP contribution in [0.1, 0.15) is 22.8 Å². The predicted molar refractivity (Wildman–Crippen MR) is 99.4 cm³/mol. The summed E-state index contributed by atoms with van der Waals surface area (Å²) in [6.07, 6.45) is 0.256. The lowest BCUT2D eigenvalue weighted by Gasteiger charge is -2.15. The van der Waals surface area contributed by atoms with Crippen molar-refractivity contribution < 1.29 is 29.3 Å². The third-order valence-electron chi connectivity index (χ3n) is 4.02. The van der Waals surface area contributed by atoms with E-state index in [1.807, 2.05) is 6.92 Å². The number of nitrogens with one attached hydrogen (secondary N) is 1. The molecule has 144 valence electrons. The minimum atomic E-state index is -1.01. The molecule has 7 heteroatoms. The molecule has 7 nitrogen and oxygen atoms in total. The topological polar surface area (TPSA) is 105 Å². The third-order valence-corrected chi connectivity index (χ3v) is 4.02. The van der Waals surface area contributed by atoms with Crippen molar-refractivity contribution in [2.75, 3.05) is 20.3 Å². The molecule has 0 aliphatic rings. The van der Waals surface area contributed by atoms with Crippen LogP contribution in [-0.4, -0.2) is 42.4 Å². The summed E-state index contributed by atoms with van der Waals surface area (Å²) in [7, 11) is 1.45. The Labute approximate surface area is 157 Å². The van der Waals surface area contributed by atoms with Crippen molar-refractivity contribution in [1.29, 1.82) is 0 Å². The Bertz CT molecular complexity index is 788. The van der Waals surface area contributed by atoms with E-state index >= 15 is 0 Å². The fourth-order valence-electron chi connectivity index (χ4n) is 2.55. The number of phenols is 1. The molecule has 0 spiro atoms. The second-order valence-electron chi connectivity index (χ2n) is 5.91. The monoisotopic (exact) mass is 373 g/mol. The highest BCUT2D eigenvalue weighted by Crippen LogP contribution is 2.23. The number of aromatic hydroxyl groups is 1. The molecule has 0 heterocycles. The molecule has 0 saturated heterocycles. The van der Waals surface area contributed by atoms with E-state index in [0.29, 0.717) is 12.4 Å². The van der Waals surface area contributed by atoms with Gasteiger partial charge in [-0.15, -0.1) is 0 Å². The highest BCUT2D eigenvalue weighted by Gasteiger charge is 2.20. The average Bonchev–Trinajstić information content (AvgIpc) is 2.66. The fraction of sp³-hybridized carbons (Fsp3) is 0.300. The SMILES string of the molecule is CCOc1ccc(CC(CNC(=O)c2cc(OC)ccc2O)C(=O)O)cc1. The first-order valence-corrected chi connectivity index (χ1v) is 8.54. The van der Waals surface area contributed by atoms with Gasteiger partial charge >= 0.3 is 5.97 Å². The van der Waals surface area contributed by atoms with Crippen molar-refractivity contribution >= 4 is 11.9 Å². The highest BCUT2D eigenvalue weighted by atomic mass is 16.5. The van der Waals surface area contributed by atoms with E-state index in [1.54, 1.807) is 24.3 Å². The molecular formula is C20H23NO6. The van der Waals surface area contributed by atoms with Crippen molar-refractivity contribution in [3.05, 3.63) is 53.6 Å². The van der Waals surface area contributed by atoms with Crippen molar-refractivity contribution in [3.63, 3.8) is 0 Å². The number of carbonyl (C=O) groups excluding carboxylic acids is 1. The molecule has 27 heavy (non-hydrogen) atoms. The minimum Gasteiger partial charge on any atom is -0.507 e. The quantitative estimate of drug-likeness (QED) is 0.624. The molecule has 0 bridgehead atoms. The van der Waals surface area contributed by atoms with Crippen molar-refractivity contribution in [1.82, 2.24) is 5.32 Å². The number of amides is 1. The van der Waals surface area contributed by atoms with Gasteiger partial charge in [0.15, 0.2) is 0 Å². The van der Waals surface area contributed by atoms with Crippen LogP contribution in [0.3, 0.4) is 0 Å². The van der Waals surface area contributed by atoms with Crippen LogP contribution >= 0.6 is 0 Å². The molecule has 3 N–H and O–H groups in total. The maximum atomic E-state index is 12.3. The van der Waals surface area contributed by atoms with Crippen LogP contribution in [0.2, 0.25) is 0 Å². The lowest BCUT2D eigenvalue weighted by molar-refractivity contribution is -0.141. The Kier molecular flexibility index (Phi) is 7.05. The minimum absolute atomic E-state index is 0.0274. The van der Waals surface area contributed by atoms with Crippen molar-refractivity contribution in [3.8, 4) is 17.2 Å². The summed E-state index contributed by atoms with van der Waals surface area (Å²) in [6.45, 7) is 2.37. The Morgan fingerprint density at radius 2 is 1.78 bits per heavy atom. The van der Waals surface area contributed by atoms with Crippen molar-refractivity contribution in [2.24, 2.45) is 5.92 Å². The number of carboxylic acid groups (broad SMARTS) is 1. The first-order chi connectivity index (χ1) is 12.9. The van der Waals surface area contributed by atoms with Gasteiger partial charge in [0.1, 0.15) is 17.2 Å². The van der Waals surface area contributed by atoms with Gasteiger partial charge in [0.05, 0.1) is 25.2 Å². The molecule has 1 unspecified atom stereocenters. The lowest BCUT2D eigenvalue weighted by Crippen LogP contribution is -2.34. The van der Waals surface area contributed by atoms with Gasteiger partial charge in [-0.25, -0.2) is 0 Å². The Morgan fingerprint density at radius 3 is 2.37 bits per heavy atom. The first-order valence-electron chi connectivity index (χ1n) is 8.54. The van der Waals surface area contributed by atoms with E-state index in [1.165, 1.54) is 25.3 Å². The van der Waals surface area contributed by atoms with E-state index in [4.69, 9.17) is 9.47 Å². The van der Waals surface area contributed by atoms with Crippen LogP contribution in [0.15, 0.2) is 42.5 Å². The number of aliphatic carboxylic acids is 1. The van der Waals surface area contributed by atoms with E-state index in [0.717, 1.165) is 11.3 Å². The third kappa shape index (κ3) is 5.64. The zero-order chi connectivity index (χ0) is 19.8. The van der Waals surface area contributed by atoms with E-state index in [2.05, 4.69) is 5.32 Å². The van der Waals surface area contributed by atoms with Gasteiger partial charge in [-0.2, -0.15) is 0 Å². The summed E-state index contributed by atoms with van der Waals surface area (Å²) in [6, 6.07) is 11.4. The Balaban J connectivity index is 2.02. The van der Waals surface area contributed by atoms with Gasteiger partial charge in [0.25, 0.3) is 5.91 Å². The molecule has 2 aromatic carbocycles. The van der Waals surface area contributed by atoms with Gasteiger partial charge in [0, 0.05) is 6.54 Å². The molecule has 0 saturated carbocycles. The zero-order valence-corrected chi connectivity index (χ0v) is 15.3. The van der Waals surface area contributed by atoms with E-state index in [9.17, 15) is 19.8 Å². The maximum absolute atomic E-state index is 12.3.